The van der Waals surface area contributed by atoms with Crippen molar-refractivity contribution in [3.8, 4) is 0 Å². The molecule has 19 heavy (non-hydrogen) atoms. The minimum Gasteiger partial charge on any atom is -0.480 e. The fourth-order valence-electron chi connectivity index (χ4n) is 1.94. The zero-order chi connectivity index (χ0) is 14.3. The molecule has 0 amide bonds. The molecule has 0 aliphatic carbocycles. The van der Waals surface area contributed by atoms with Crippen molar-refractivity contribution < 1.29 is 9.90 Å². The molecular weight excluding hydrogens is 240 g/mol. The first kappa shape index (κ1) is 15.7. The van der Waals surface area contributed by atoms with Gasteiger partial charge in [0.25, 0.3) is 0 Å². The topological polar surface area (TPSA) is 52.6 Å². The van der Waals surface area contributed by atoms with Crippen molar-refractivity contribution in [3.05, 3.63) is 35.4 Å². The maximum absolute atomic E-state index is 11.3. The third kappa shape index (κ3) is 5.41. The van der Waals surface area contributed by atoms with Crippen molar-refractivity contribution in [2.75, 3.05) is 27.2 Å². The highest BCUT2D eigenvalue weighted by Gasteiger charge is 2.18. The van der Waals surface area contributed by atoms with Crippen LogP contribution in [0.15, 0.2) is 24.3 Å². The van der Waals surface area contributed by atoms with Crippen LogP contribution < -0.4 is 5.32 Å². The Morgan fingerprint density at radius 2 is 1.95 bits per heavy atom. The van der Waals surface area contributed by atoms with Gasteiger partial charge in [0, 0.05) is 0 Å². The summed E-state index contributed by atoms with van der Waals surface area (Å²) in [5.41, 5.74) is 2.04. The van der Waals surface area contributed by atoms with Crippen LogP contribution in [0.5, 0.6) is 0 Å². The zero-order valence-corrected chi connectivity index (χ0v) is 12.0. The van der Waals surface area contributed by atoms with Gasteiger partial charge in [-0.3, -0.25) is 4.79 Å². The van der Waals surface area contributed by atoms with Gasteiger partial charge in [0.05, 0.1) is 0 Å². The number of benzene rings is 1. The number of carboxylic acids is 1. The molecule has 2 N–H and O–H groups in total. The molecule has 1 aromatic carbocycles. The number of aliphatic carboxylic acids is 1. The number of rotatable bonds is 8. The van der Waals surface area contributed by atoms with Crippen molar-refractivity contribution in [1.29, 1.82) is 0 Å². The number of aryl methyl sites for hydroxylation is 1. The average Bonchev–Trinajstić information content (AvgIpc) is 2.38. The Labute approximate surface area is 115 Å². The molecule has 0 saturated carbocycles. The van der Waals surface area contributed by atoms with Crippen LogP contribution in [-0.4, -0.2) is 43.2 Å². The van der Waals surface area contributed by atoms with Gasteiger partial charge in [-0.1, -0.05) is 31.2 Å². The van der Waals surface area contributed by atoms with Crippen LogP contribution in [0.4, 0.5) is 0 Å². The molecule has 4 nitrogen and oxygen atoms in total. The fraction of sp³-hybridized carbons (Fsp3) is 0.533. The number of hydrogen-bond acceptors (Lipinski definition) is 3. The first-order chi connectivity index (χ1) is 9.04. The van der Waals surface area contributed by atoms with Gasteiger partial charge < -0.3 is 15.3 Å². The summed E-state index contributed by atoms with van der Waals surface area (Å²) in [6.45, 7) is 3.74. The first-order valence-electron chi connectivity index (χ1n) is 6.74. The summed E-state index contributed by atoms with van der Waals surface area (Å²) in [6, 6.07) is 7.17. The quantitative estimate of drug-likeness (QED) is 0.704. The van der Waals surface area contributed by atoms with Gasteiger partial charge in [0.2, 0.25) is 0 Å². The van der Waals surface area contributed by atoms with E-state index in [4.69, 9.17) is 0 Å². The van der Waals surface area contributed by atoms with E-state index < -0.39 is 12.0 Å². The summed E-state index contributed by atoms with van der Waals surface area (Å²) in [4.78, 5) is 13.4. The van der Waals surface area contributed by atoms with Crippen LogP contribution in [0.25, 0.3) is 0 Å². The lowest BCUT2D eigenvalue weighted by molar-refractivity contribution is -0.139. The number of hydrogen-bond donors (Lipinski definition) is 2. The second-order valence-corrected chi connectivity index (χ2v) is 4.98. The Balaban J connectivity index is 2.58. The van der Waals surface area contributed by atoms with Gasteiger partial charge in [-0.25, -0.2) is 0 Å². The molecule has 0 aliphatic rings. The van der Waals surface area contributed by atoms with E-state index in [1.807, 2.05) is 38.4 Å². The summed E-state index contributed by atoms with van der Waals surface area (Å²) in [5, 5.41) is 12.4. The van der Waals surface area contributed by atoms with E-state index in [0.29, 0.717) is 6.54 Å². The molecule has 0 bridgehead atoms. The summed E-state index contributed by atoms with van der Waals surface area (Å²) < 4.78 is 0. The number of carbonyl (C=O) groups is 1. The molecule has 106 valence electrons. The molecule has 1 atom stereocenters. The van der Waals surface area contributed by atoms with Gasteiger partial charge in [0.1, 0.15) is 6.04 Å². The predicted octanol–water partition coefficient (Wildman–Crippen LogP) is 1.92. The molecule has 4 heteroatoms. The molecule has 0 radical (unpaired) electrons. The van der Waals surface area contributed by atoms with Crippen LogP contribution in [-0.2, 0) is 11.2 Å². The molecule has 0 saturated heterocycles. The summed E-state index contributed by atoms with van der Waals surface area (Å²) in [6.07, 6.45) is 1.90. The van der Waals surface area contributed by atoms with Crippen LogP contribution >= 0.6 is 0 Å². The highest BCUT2D eigenvalue weighted by molar-refractivity contribution is 5.75. The predicted molar refractivity (Wildman–Crippen MR) is 77.4 cm³/mol. The Hall–Kier alpha value is -1.39. The van der Waals surface area contributed by atoms with Crippen molar-refractivity contribution in [2.24, 2.45) is 0 Å². The summed E-state index contributed by atoms with van der Waals surface area (Å²) in [5.74, 6) is -0.825. The molecule has 0 aliphatic heterocycles. The second-order valence-electron chi connectivity index (χ2n) is 4.98. The average molecular weight is 264 g/mol. The van der Waals surface area contributed by atoms with E-state index in [9.17, 15) is 9.90 Å². The molecule has 0 spiro atoms. The van der Waals surface area contributed by atoms with E-state index in [1.54, 1.807) is 0 Å². The number of nitrogens with one attached hydrogen (secondary N) is 1. The molecule has 0 aromatic heterocycles. The highest BCUT2D eigenvalue weighted by Crippen LogP contribution is 2.14. The van der Waals surface area contributed by atoms with Gasteiger partial charge in [-0.2, -0.15) is 0 Å². The van der Waals surface area contributed by atoms with E-state index in [1.165, 1.54) is 5.56 Å². The van der Waals surface area contributed by atoms with E-state index in [2.05, 4.69) is 17.1 Å². The van der Waals surface area contributed by atoms with Gasteiger partial charge in [-0.15, -0.1) is 0 Å². The van der Waals surface area contributed by atoms with Crippen molar-refractivity contribution >= 4 is 5.97 Å². The summed E-state index contributed by atoms with van der Waals surface area (Å²) in [7, 11) is 4.02. The number of carboxylic acid groups (broad SMARTS) is 1. The Kier molecular flexibility index (Phi) is 6.53. The van der Waals surface area contributed by atoms with Crippen LogP contribution in [0, 0.1) is 0 Å². The molecular formula is C15H24N2O2. The van der Waals surface area contributed by atoms with Gasteiger partial charge in [-0.05, 0) is 51.2 Å². The lowest BCUT2D eigenvalue weighted by atomic mass is 10.0. The normalized spacial score (nSPS) is 12.6. The van der Waals surface area contributed by atoms with Gasteiger partial charge in [0.15, 0.2) is 0 Å². The molecule has 0 heterocycles. The standard InChI is InChI=1S/C15H24N2O2/c1-4-12-6-8-13(9-7-12)14(15(18)19)16-10-5-11-17(2)3/h6-9,14,16H,4-5,10-11H2,1-3H3,(H,18,19). The first-order valence-corrected chi connectivity index (χ1v) is 6.74. The van der Waals surface area contributed by atoms with Crippen LogP contribution in [0.2, 0.25) is 0 Å². The summed E-state index contributed by atoms with van der Waals surface area (Å²) >= 11 is 0. The SMILES string of the molecule is CCc1ccc(C(NCCCN(C)C)C(=O)O)cc1. The largest absolute Gasteiger partial charge is 0.480 e. The van der Waals surface area contributed by atoms with Gasteiger partial charge >= 0.3 is 5.97 Å². The number of nitrogens with zero attached hydrogens (tertiary/aromatic N) is 1. The third-order valence-electron chi connectivity index (χ3n) is 3.10. The fourth-order valence-corrected chi connectivity index (χ4v) is 1.94. The Bertz CT molecular complexity index is 388. The minimum absolute atomic E-state index is 0.618. The lowest BCUT2D eigenvalue weighted by Gasteiger charge is -2.16. The minimum atomic E-state index is -0.825. The molecule has 1 aromatic rings. The molecule has 0 fully saturated rings. The van der Waals surface area contributed by atoms with Crippen molar-refractivity contribution in [3.63, 3.8) is 0 Å². The second kappa shape index (κ2) is 7.92. The monoisotopic (exact) mass is 264 g/mol. The van der Waals surface area contributed by atoms with E-state index in [0.717, 1.165) is 24.9 Å². The molecule has 1 unspecified atom stereocenters. The van der Waals surface area contributed by atoms with Crippen molar-refractivity contribution in [2.45, 2.75) is 25.8 Å². The van der Waals surface area contributed by atoms with Crippen LogP contribution in [0.1, 0.15) is 30.5 Å². The van der Waals surface area contributed by atoms with Crippen LogP contribution in [0.3, 0.4) is 0 Å². The maximum Gasteiger partial charge on any atom is 0.325 e. The lowest BCUT2D eigenvalue weighted by Crippen LogP contribution is -2.30. The third-order valence-corrected chi connectivity index (χ3v) is 3.10. The maximum atomic E-state index is 11.3. The smallest absolute Gasteiger partial charge is 0.325 e. The molecule has 1 rings (SSSR count). The Morgan fingerprint density at radius 3 is 2.42 bits per heavy atom. The van der Waals surface area contributed by atoms with Crippen molar-refractivity contribution in [1.82, 2.24) is 10.2 Å². The Morgan fingerprint density at radius 1 is 1.32 bits per heavy atom. The van der Waals surface area contributed by atoms with E-state index >= 15 is 0 Å². The van der Waals surface area contributed by atoms with E-state index in [-0.39, 0.29) is 0 Å². The zero-order valence-electron chi connectivity index (χ0n) is 12.0. The highest BCUT2D eigenvalue weighted by atomic mass is 16.4.